The molecule has 0 amide bonds. The summed E-state index contributed by atoms with van der Waals surface area (Å²) in [6, 6.07) is 14.5. The molecule has 0 aliphatic rings. The van der Waals surface area contributed by atoms with Gasteiger partial charge in [-0.1, -0.05) is 18.2 Å². The van der Waals surface area contributed by atoms with Crippen LogP contribution < -0.4 is 14.4 Å². The van der Waals surface area contributed by atoms with E-state index in [2.05, 4.69) is 35.6 Å². The minimum atomic E-state index is -3.56. The van der Waals surface area contributed by atoms with Crippen LogP contribution in [0.4, 0.5) is 5.69 Å². The standard InChI is InChI=1S/C21H30N2O4S/c1-4-23(21-9-7-6-8-18(21)3)15-14-22-28(24,25)20-12-10-19(11-13-20)27-17-16-26-5-2/h6-13,22H,4-5,14-17H2,1-3H3. The van der Waals surface area contributed by atoms with Crippen molar-refractivity contribution in [1.29, 1.82) is 0 Å². The lowest BCUT2D eigenvalue weighted by molar-refractivity contribution is 0.110. The molecule has 2 rings (SSSR count). The number of rotatable bonds is 12. The van der Waals surface area contributed by atoms with Crippen LogP contribution in [0.1, 0.15) is 19.4 Å². The molecule has 0 unspecified atom stereocenters. The number of benzene rings is 2. The minimum absolute atomic E-state index is 0.226. The predicted octanol–water partition coefficient (Wildman–Crippen LogP) is 3.22. The van der Waals surface area contributed by atoms with E-state index in [0.717, 1.165) is 12.2 Å². The molecule has 0 heterocycles. The van der Waals surface area contributed by atoms with E-state index >= 15 is 0 Å². The largest absolute Gasteiger partial charge is 0.491 e. The molecule has 0 saturated heterocycles. The number of likely N-dealkylation sites (N-methyl/N-ethyl adjacent to an activating group) is 1. The fourth-order valence-corrected chi connectivity index (χ4v) is 3.86. The molecular weight excluding hydrogens is 376 g/mol. The first-order valence-electron chi connectivity index (χ1n) is 9.58. The van der Waals surface area contributed by atoms with E-state index in [9.17, 15) is 8.42 Å². The van der Waals surface area contributed by atoms with Crippen LogP contribution in [-0.4, -0.2) is 47.9 Å². The van der Waals surface area contributed by atoms with Crippen LogP contribution in [0.3, 0.4) is 0 Å². The monoisotopic (exact) mass is 406 g/mol. The molecule has 0 aliphatic heterocycles. The second-order valence-electron chi connectivity index (χ2n) is 6.28. The average Bonchev–Trinajstić information content (AvgIpc) is 2.70. The highest BCUT2D eigenvalue weighted by Gasteiger charge is 2.15. The first-order valence-corrected chi connectivity index (χ1v) is 11.1. The summed E-state index contributed by atoms with van der Waals surface area (Å²) in [6.45, 7) is 9.36. The van der Waals surface area contributed by atoms with Crippen molar-refractivity contribution in [1.82, 2.24) is 4.72 Å². The van der Waals surface area contributed by atoms with Crippen LogP contribution in [-0.2, 0) is 14.8 Å². The average molecular weight is 407 g/mol. The fraction of sp³-hybridized carbons (Fsp3) is 0.429. The van der Waals surface area contributed by atoms with Crippen LogP contribution in [0.5, 0.6) is 5.75 Å². The highest BCUT2D eigenvalue weighted by atomic mass is 32.2. The van der Waals surface area contributed by atoms with Gasteiger partial charge in [-0.25, -0.2) is 13.1 Å². The van der Waals surface area contributed by atoms with Crippen LogP contribution in [0.25, 0.3) is 0 Å². The number of hydrogen-bond acceptors (Lipinski definition) is 5. The van der Waals surface area contributed by atoms with E-state index < -0.39 is 10.0 Å². The Balaban J connectivity index is 1.89. The summed E-state index contributed by atoms with van der Waals surface area (Å²) in [4.78, 5) is 2.39. The van der Waals surface area contributed by atoms with E-state index in [4.69, 9.17) is 9.47 Å². The van der Waals surface area contributed by atoms with Gasteiger partial charge in [-0.15, -0.1) is 0 Å². The molecular formula is C21H30N2O4S. The van der Waals surface area contributed by atoms with Gasteiger partial charge in [0.15, 0.2) is 0 Å². The number of nitrogens with zero attached hydrogens (tertiary/aromatic N) is 1. The number of aryl methyl sites for hydroxylation is 1. The Morgan fingerprint density at radius 1 is 1.00 bits per heavy atom. The van der Waals surface area contributed by atoms with Crippen molar-refractivity contribution in [3.63, 3.8) is 0 Å². The summed E-state index contributed by atoms with van der Waals surface area (Å²) in [6.07, 6.45) is 0. The van der Waals surface area contributed by atoms with Gasteiger partial charge in [0.25, 0.3) is 0 Å². The topological polar surface area (TPSA) is 67.9 Å². The van der Waals surface area contributed by atoms with Gasteiger partial charge in [-0.3, -0.25) is 0 Å². The number of nitrogens with one attached hydrogen (secondary N) is 1. The Kier molecular flexibility index (Phi) is 8.76. The summed E-state index contributed by atoms with van der Waals surface area (Å²) >= 11 is 0. The molecule has 0 fully saturated rings. The Morgan fingerprint density at radius 2 is 1.71 bits per heavy atom. The van der Waals surface area contributed by atoms with Crippen LogP contribution in [0.2, 0.25) is 0 Å². The summed E-state index contributed by atoms with van der Waals surface area (Å²) in [5.74, 6) is 0.621. The Morgan fingerprint density at radius 3 is 2.36 bits per heavy atom. The van der Waals surface area contributed by atoms with E-state index in [1.165, 1.54) is 5.56 Å². The van der Waals surface area contributed by atoms with Gasteiger partial charge >= 0.3 is 0 Å². The van der Waals surface area contributed by atoms with Gasteiger partial charge in [0, 0.05) is 31.9 Å². The van der Waals surface area contributed by atoms with E-state index in [1.54, 1.807) is 24.3 Å². The summed E-state index contributed by atoms with van der Waals surface area (Å²) in [7, 11) is -3.56. The van der Waals surface area contributed by atoms with Crippen LogP contribution in [0.15, 0.2) is 53.4 Å². The van der Waals surface area contributed by atoms with E-state index in [-0.39, 0.29) is 4.90 Å². The molecule has 154 valence electrons. The van der Waals surface area contributed by atoms with Gasteiger partial charge in [-0.05, 0) is 56.7 Å². The van der Waals surface area contributed by atoms with Crippen molar-refractivity contribution in [2.45, 2.75) is 25.7 Å². The Bertz CT molecular complexity index is 823. The molecule has 28 heavy (non-hydrogen) atoms. The lowest BCUT2D eigenvalue weighted by Gasteiger charge is -2.25. The van der Waals surface area contributed by atoms with Gasteiger partial charge in [0.2, 0.25) is 10.0 Å². The van der Waals surface area contributed by atoms with E-state index in [0.29, 0.717) is 38.7 Å². The van der Waals surface area contributed by atoms with E-state index in [1.807, 2.05) is 19.1 Å². The van der Waals surface area contributed by atoms with Crippen molar-refractivity contribution in [3.05, 3.63) is 54.1 Å². The molecule has 0 spiro atoms. The zero-order valence-electron chi connectivity index (χ0n) is 16.8. The van der Waals surface area contributed by atoms with Crippen LogP contribution >= 0.6 is 0 Å². The molecule has 0 aliphatic carbocycles. The molecule has 7 heteroatoms. The summed E-state index contributed by atoms with van der Waals surface area (Å²) < 4.78 is 38.5. The second-order valence-corrected chi connectivity index (χ2v) is 8.05. The Labute approximate surface area is 168 Å². The maximum absolute atomic E-state index is 12.5. The molecule has 6 nitrogen and oxygen atoms in total. The van der Waals surface area contributed by atoms with Gasteiger partial charge in [-0.2, -0.15) is 0 Å². The SMILES string of the molecule is CCOCCOc1ccc(S(=O)(=O)NCCN(CC)c2ccccc2C)cc1. The minimum Gasteiger partial charge on any atom is -0.491 e. The highest BCUT2D eigenvalue weighted by Crippen LogP contribution is 2.19. The Hall–Kier alpha value is -2.09. The molecule has 1 N–H and O–H groups in total. The summed E-state index contributed by atoms with van der Waals surface area (Å²) in [5.41, 5.74) is 2.30. The third-order valence-electron chi connectivity index (χ3n) is 4.35. The highest BCUT2D eigenvalue weighted by molar-refractivity contribution is 7.89. The van der Waals surface area contributed by atoms with Crippen molar-refractivity contribution in [3.8, 4) is 5.75 Å². The van der Waals surface area contributed by atoms with Crippen molar-refractivity contribution >= 4 is 15.7 Å². The maximum Gasteiger partial charge on any atom is 0.240 e. The fourth-order valence-electron chi connectivity index (χ4n) is 2.84. The summed E-state index contributed by atoms with van der Waals surface area (Å²) in [5, 5.41) is 0. The third kappa shape index (κ3) is 6.51. The first kappa shape index (κ1) is 22.2. The number of para-hydroxylation sites is 1. The normalized spacial score (nSPS) is 11.4. The molecule has 0 atom stereocenters. The molecule has 2 aromatic carbocycles. The van der Waals surface area contributed by atoms with Gasteiger partial charge in [0.1, 0.15) is 12.4 Å². The molecule has 2 aromatic rings. The molecule has 0 bridgehead atoms. The zero-order valence-corrected chi connectivity index (χ0v) is 17.7. The number of hydrogen-bond donors (Lipinski definition) is 1. The van der Waals surface area contributed by atoms with Crippen molar-refractivity contribution in [2.75, 3.05) is 44.4 Å². The molecule has 0 aromatic heterocycles. The lowest BCUT2D eigenvalue weighted by atomic mass is 10.2. The first-order chi connectivity index (χ1) is 13.5. The number of anilines is 1. The van der Waals surface area contributed by atoms with Crippen LogP contribution in [0, 0.1) is 6.92 Å². The predicted molar refractivity (Wildman–Crippen MR) is 113 cm³/mol. The van der Waals surface area contributed by atoms with Gasteiger partial charge < -0.3 is 14.4 Å². The second kappa shape index (κ2) is 11.0. The van der Waals surface area contributed by atoms with Gasteiger partial charge in [0.05, 0.1) is 11.5 Å². The smallest absolute Gasteiger partial charge is 0.240 e. The van der Waals surface area contributed by atoms with Crippen molar-refractivity contribution < 1.29 is 17.9 Å². The number of ether oxygens (including phenoxy) is 2. The molecule has 0 saturated carbocycles. The lowest BCUT2D eigenvalue weighted by Crippen LogP contribution is -2.35. The van der Waals surface area contributed by atoms with Crippen molar-refractivity contribution in [2.24, 2.45) is 0 Å². The zero-order chi connectivity index (χ0) is 20.4. The maximum atomic E-state index is 12.5. The number of sulfonamides is 1. The molecule has 0 radical (unpaired) electrons. The third-order valence-corrected chi connectivity index (χ3v) is 5.82. The quantitative estimate of drug-likeness (QED) is 0.548.